The number of hydrogen-bond acceptors (Lipinski definition) is 15. The molecule has 0 aliphatic carbocycles. The molecule has 512 valence electrons. The van der Waals surface area contributed by atoms with Crippen molar-refractivity contribution in [3.63, 3.8) is 0 Å². The number of hydrogen-bond donors (Lipinski definition) is 3. The maximum atomic E-state index is 13.0. The highest BCUT2D eigenvalue weighted by atomic mass is 31.2. The molecular formula is C68H128O17P2. The van der Waals surface area contributed by atoms with Gasteiger partial charge in [-0.2, -0.15) is 0 Å². The second-order valence-electron chi connectivity index (χ2n) is 24.4. The second-order valence-corrected chi connectivity index (χ2v) is 27.3. The first-order valence-electron chi connectivity index (χ1n) is 35.0. The van der Waals surface area contributed by atoms with Crippen LogP contribution in [0.5, 0.6) is 0 Å². The van der Waals surface area contributed by atoms with Crippen molar-refractivity contribution in [1.82, 2.24) is 0 Å². The number of carbonyl (C=O) groups is 4. The minimum absolute atomic E-state index is 0.0847. The van der Waals surface area contributed by atoms with Gasteiger partial charge in [-0.15, -0.1) is 0 Å². The molecule has 0 rings (SSSR count). The molecule has 0 aliphatic heterocycles. The number of phosphoric acid groups is 2. The maximum absolute atomic E-state index is 13.0. The molecule has 0 aromatic carbocycles. The van der Waals surface area contributed by atoms with Gasteiger partial charge in [0.1, 0.15) is 19.3 Å². The summed E-state index contributed by atoms with van der Waals surface area (Å²) in [6, 6.07) is 0. The summed E-state index contributed by atoms with van der Waals surface area (Å²) in [6.45, 7) is 7.12. The fourth-order valence-electron chi connectivity index (χ4n) is 9.75. The fraction of sp³-hybridized carbons (Fsp3) is 0.882. The predicted octanol–water partition coefficient (Wildman–Crippen LogP) is 18.9. The molecule has 17 nitrogen and oxygen atoms in total. The van der Waals surface area contributed by atoms with E-state index in [0.717, 1.165) is 109 Å². The van der Waals surface area contributed by atoms with Crippen LogP contribution in [0, 0.1) is 5.92 Å². The Morgan fingerprint density at radius 2 is 0.621 bits per heavy atom. The fourth-order valence-corrected chi connectivity index (χ4v) is 11.3. The number of rotatable bonds is 66. The molecule has 0 aromatic rings. The summed E-state index contributed by atoms with van der Waals surface area (Å²) in [5, 5.41) is 10.6. The monoisotopic (exact) mass is 1280 g/mol. The van der Waals surface area contributed by atoms with E-state index in [4.69, 9.17) is 37.0 Å². The van der Waals surface area contributed by atoms with Crippen LogP contribution in [0.4, 0.5) is 0 Å². The summed E-state index contributed by atoms with van der Waals surface area (Å²) < 4.78 is 68.1. The average molecular weight is 1280 g/mol. The molecule has 0 fully saturated rings. The zero-order valence-electron chi connectivity index (χ0n) is 55.6. The van der Waals surface area contributed by atoms with Crippen LogP contribution >= 0.6 is 15.6 Å². The van der Waals surface area contributed by atoms with E-state index in [-0.39, 0.29) is 25.7 Å². The Morgan fingerprint density at radius 3 is 0.943 bits per heavy atom. The SMILES string of the molecule is CCCCCC/C=C\C=C/CCCCCCCC(=O)O[C@H](COC(=O)CCCCCCCCCCCC(C)C)COP(=O)(O)OC[C@@H](O)COP(=O)(O)OC[C@@H](COC(=O)CCCCCCCCCCC)OC(=O)CCCCCCCCCCCCC. The van der Waals surface area contributed by atoms with E-state index >= 15 is 0 Å². The third kappa shape index (κ3) is 62.1. The molecule has 0 saturated carbocycles. The molecule has 0 amide bonds. The Morgan fingerprint density at radius 1 is 0.356 bits per heavy atom. The highest BCUT2D eigenvalue weighted by Crippen LogP contribution is 2.45. The molecule has 5 atom stereocenters. The zero-order chi connectivity index (χ0) is 64.2. The van der Waals surface area contributed by atoms with E-state index in [1.807, 2.05) is 0 Å². The summed E-state index contributed by atoms with van der Waals surface area (Å²) in [6.07, 6.45) is 49.3. The third-order valence-corrected chi connectivity index (χ3v) is 17.1. The van der Waals surface area contributed by atoms with Gasteiger partial charge in [0.05, 0.1) is 26.4 Å². The molecule has 0 spiro atoms. The number of carbonyl (C=O) groups excluding carboxylic acids is 4. The van der Waals surface area contributed by atoms with Gasteiger partial charge in [-0.05, 0) is 57.3 Å². The van der Waals surface area contributed by atoms with Gasteiger partial charge in [-0.3, -0.25) is 37.3 Å². The van der Waals surface area contributed by atoms with E-state index in [1.165, 1.54) is 135 Å². The van der Waals surface area contributed by atoms with Crippen molar-refractivity contribution in [3.05, 3.63) is 24.3 Å². The van der Waals surface area contributed by atoms with Gasteiger partial charge in [0.15, 0.2) is 12.2 Å². The van der Waals surface area contributed by atoms with E-state index < -0.39 is 97.5 Å². The normalized spacial score (nSPS) is 14.3. The lowest BCUT2D eigenvalue weighted by Crippen LogP contribution is -2.30. The number of esters is 4. The molecule has 3 N–H and O–H groups in total. The van der Waals surface area contributed by atoms with Crippen molar-refractivity contribution in [3.8, 4) is 0 Å². The van der Waals surface area contributed by atoms with E-state index in [9.17, 15) is 43.2 Å². The standard InChI is InChI=1S/C68H128O17P2/c1-6-9-12-15-18-21-23-24-25-26-28-33-39-44-49-54-68(73)85-64(58-79-66(71)52-47-42-37-34-29-31-35-40-45-50-61(4)5)60-83-87(76,77)81-56-62(69)55-80-86(74,75)82-59-63(57-78-65(70)51-46-41-36-30-20-17-14-11-8-3)84-67(72)53-48-43-38-32-27-22-19-16-13-10-7-2/h21,23-25,61-64,69H,6-20,22,26-60H2,1-5H3,(H,74,75)(H,76,77)/b23-21-,25-24-/t62-,63+,64+/m0/s1. The van der Waals surface area contributed by atoms with Crippen LogP contribution in [0.25, 0.3) is 0 Å². The van der Waals surface area contributed by atoms with Gasteiger partial charge >= 0.3 is 39.5 Å². The van der Waals surface area contributed by atoms with Gasteiger partial charge < -0.3 is 33.8 Å². The second kappa shape index (κ2) is 61.1. The van der Waals surface area contributed by atoms with Crippen LogP contribution < -0.4 is 0 Å². The number of aliphatic hydroxyl groups is 1. The number of phosphoric ester groups is 2. The molecule has 0 heterocycles. The minimum Gasteiger partial charge on any atom is -0.462 e. The summed E-state index contributed by atoms with van der Waals surface area (Å²) in [5.74, 6) is -1.42. The first-order chi connectivity index (χ1) is 42.0. The Hall–Kier alpha value is -2.46. The maximum Gasteiger partial charge on any atom is 0.472 e. The first-order valence-corrected chi connectivity index (χ1v) is 37.9. The Labute approximate surface area is 529 Å². The number of ether oxygens (including phenoxy) is 4. The van der Waals surface area contributed by atoms with E-state index in [0.29, 0.717) is 25.7 Å². The quantitative estimate of drug-likeness (QED) is 0.0169. The number of unbranched alkanes of at least 4 members (excludes halogenated alkanes) is 35. The molecule has 0 radical (unpaired) electrons. The Kier molecular flexibility index (Phi) is 59.3. The van der Waals surface area contributed by atoms with Crippen LogP contribution in [0.3, 0.4) is 0 Å². The molecule has 87 heavy (non-hydrogen) atoms. The largest absolute Gasteiger partial charge is 0.472 e. The lowest BCUT2D eigenvalue weighted by atomic mass is 10.0. The number of aliphatic hydroxyl groups excluding tert-OH is 1. The molecule has 2 unspecified atom stereocenters. The topological polar surface area (TPSA) is 237 Å². The lowest BCUT2D eigenvalue weighted by molar-refractivity contribution is -0.161. The third-order valence-electron chi connectivity index (χ3n) is 15.2. The van der Waals surface area contributed by atoms with Gasteiger partial charge in [0.25, 0.3) is 0 Å². The Balaban J connectivity index is 5.28. The summed E-state index contributed by atoms with van der Waals surface area (Å²) in [7, 11) is -9.90. The molecule has 0 aliphatic rings. The average Bonchev–Trinajstić information content (AvgIpc) is 3.70. The van der Waals surface area contributed by atoms with Crippen LogP contribution in [0.2, 0.25) is 0 Å². The van der Waals surface area contributed by atoms with Crippen LogP contribution in [-0.4, -0.2) is 96.7 Å². The smallest absolute Gasteiger partial charge is 0.462 e. The molecular weight excluding hydrogens is 1150 g/mol. The zero-order valence-corrected chi connectivity index (χ0v) is 57.4. The van der Waals surface area contributed by atoms with Crippen molar-refractivity contribution in [1.29, 1.82) is 0 Å². The van der Waals surface area contributed by atoms with Crippen molar-refractivity contribution >= 4 is 39.5 Å². The van der Waals surface area contributed by atoms with Crippen molar-refractivity contribution in [2.75, 3.05) is 39.6 Å². The van der Waals surface area contributed by atoms with Gasteiger partial charge in [0.2, 0.25) is 0 Å². The highest BCUT2D eigenvalue weighted by molar-refractivity contribution is 7.47. The van der Waals surface area contributed by atoms with Crippen LogP contribution in [0.1, 0.15) is 324 Å². The first kappa shape index (κ1) is 84.5. The van der Waals surface area contributed by atoms with Crippen molar-refractivity contribution < 1.29 is 80.2 Å². The van der Waals surface area contributed by atoms with Crippen LogP contribution in [0.15, 0.2) is 24.3 Å². The van der Waals surface area contributed by atoms with Crippen molar-refractivity contribution in [2.24, 2.45) is 5.92 Å². The summed E-state index contributed by atoms with van der Waals surface area (Å²) >= 11 is 0. The Bertz CT molecular complexity index is 1780. The lowest BCUT2D eigenvalue weighted by Gasteiger charge is -2.21. The molecule has 0 aromatic heterocycles. The van der Waals surface area contributed by atoms with Crippen LogP contribution in [-0.2, 0) is 65.4 Å². The van der Waals surface area contributed by atoms with E-state index in [2.05, 4.69) is 58.9 Å². The molecule has 0 bridgehead atoms. The summed E-state index contributed by atoms with van der Waals surface area (Å²) in [5.41, 5.74) is 0. The molecule has 19 heteroatoms. The highest BCUT2D eigenvalue weighted by Gasteiger charge is 2.30. The predicted molar refractivity (Wildman–Crippen MR) is 349 cm³/mol. The van der Waals surface area contributed by atoms with E-state index in [1.54, 1.807) is 0 Å². The van der Waals surface area contributed by atoms with Gasteiger partial charge in [0, 0.05) is 25.7 Å². The molecule has 0 saturated heterocycles. The number of allylic oxidation sites excluding steroid dienone is 4. The van der Waals surface area contributed by atoms with Gasteiger partial charge in [-0.1, -0.05) is 271 Å². The minimum atomic E-state index is -4.96. The van der Waals surface area contributed by atoms with Crippen molar-refractivity contribution in [2.45, 2.75) is 342 Å². The summed E-state index contributed by atoms with van der Waals surface area (Å²) in [4.78, 5) is 72.3. The van der Waals surface area contributed by atoms with Gasteiger partial charge in [-0.25, -0.2) is 9.13 Å².